The molecule has 1 N–H and O–H groups in total. The molecule has 0 radical (unpaired) electrons. The first-order chi connectivity index (χ1) is 11.9. The van der Waals surface area contributed by atoms with Crippen molar-refractivity contribution >= 4 is 21.7 Å². The third-order valence-electron chi connectivity index (χ3n) is 4.14. The Balaban J connectivity index is 1.77. The fourth-order valence-corrected chi connectivity index (χ4v) is 3.86. The fraction of sp³-hybridized carbons (Fsp3) is 0.375. The molecule has 134 valence electrons. The van der Waals surface area contributed by atoms with Crippen molar-refractivity contribution in [3.63, 3.8) is 0 Å². The number of nitrogens with one attached hydrogen (secondary N) is 1. The van der Waals surface area contributed by atoms with Crippen LogP contribution in [0.4, 0.5) is 20.4 Å². The topological polar surface area (TPSA) is 75.2 Å². The average molecular weight is 368 g/mol. The first-order valence-electron chi connectivity index (χ1n) is 7.90. The summed E-state index contributed by atoms with van der Waals surface area (Å²) in [5, 5.41) is 0. The number of halogens is 2. The van der Waals surface area contributed by atoms with Crippen LogP contribution in [0.1, 0.15) is 19.8 Å². The number of nitrogens with zero attached hydrogens (tertiary/aromatic N) is 3. The predicted octanol–water partition coefficient (Wildman–Crippen LogP) is 2.79. The summed E-state index contributed by atoms with van der Waals surface area (Å²) >= 11 is 0. The third kappa shape index (κ3) is 3.87. The average Bonchev–Trinajstić information content (AvgIpc) is 2.55. The Bertz CT molecular complexity index is 831. The smallest absolute Gasteiger partial charge is 0.267 e. The fourth-order valence-electron chi connectivity index (χ4n) is 2.69. The van der Waals surface area contributed by atoms with E-state index < -0.39 is 26.6 Å². The van der Waals surface area contributed by atoms with Crippen LogP contribution >= 0.6 is 0 Å². The molecule has 1 saturated heterocycles. The lowest BCUT2D eigenvalue weighted by atomic mass is 10.00. The van der Waals surface area contributed by atoms with Crippen molar-refractivity contribution in [1.29, 1.82) is 0 Å². The predicted molar refractivity (Wildman–Crippen MR) is 89.8 cm³/mol. The summed E-state index contributed by atoms with van der Waals surface area (Å²) in [5.41, 5.74) is 0.0387. The molecule has 9 heteroatoms. The number of piperidine rings is 1. The molecule has 0 spiro atoms. The molecule has 0 atom stereocenters. The molecule has 1 aliphatic heterocycles. The minimum atomic E-state index is -4.41. The highest BCUT2D eigenvalue weighted by molar-refractivity contribution is 7.92. The van der Waals surface area contributed by atoms with Gasteiger partial charge in [0.15, 0.2) is 4.90 Å². The molecule has 1 aromatic heterocycles. The van der Waals surface area contributed by atoms with Crippen LogP contribution in [0.25, 0.3) is 0 Å². The quantitative estimate of drug-likeness (QED) is 0.898. The Hall–Kier alpha value is -2.29. The molecule has 1 fully saturated rings. The summed E-state index contributed by atoms with van der Waals surface area (Å²) in [4.78, 5) is 9.30. The van der Waals surface area contributed by atoms with E-state index in [9.17, 15) is 17.2 Å². The second-order valence-corrected chi connectivity index (χ2v) is 7.72. The summed E-state index contributed by atoms with van der Waals surface area (Å²) < 4.78 is 53.9. The monoisotopic (exact) mass is 368 g/mol. The van der Waals surface area contributed by atoms with Gasteiger partial charge >= 0.3 is 0 Å². The molecule has 0 unspecified atom stereocenters. The summed E-state index contributed by atoms with van der Waals surface area (Å²) in [6.45, 7) is 3.87. The number of anilines is 2. The zero-order chi connectivity index (χ0) is 18.0. The van der Waals surface area contributed by atoms with Gasteiger partial charge in [-0.05, 0) is 30.9 Å². The Morgan fingerprint density at radius 3 is 2.24 bits per heavy atom. The lowest BCUT2D eigenvalue weighted by Crippen LogP contribution is -2.34. The summed E-state index contributed by atoms with van der Waals surface area (Å²) in [5.74, 6) is -1.15. The molecular formula is C16H18F2N4O2S. The summed E-state index contributed by atoms with van der Waals surface area (Å²) in [7, 11) is -4.41. The van der Waals surface area contributed by atoms with Crippen molar-refractivity contribution in [2.45, 2.75) is 24.7 Å². The van der Waals surface area contributed by atoms with Gasteiger partial charge in [0, 0.05) is 13.1 Å². The van der Waals surface area contributed by atoms with Gasteiger partial charge < -0.3 is 4.90 Å². The maximum absolute atomic E-state index is 13.7. The number of aromatic nitrogens is 2. The van der Waals surface area contributed by atoms with Crippen LogP contribution in [-0.2, 0) is 10.0 Å². The minimum absolute atomic E-state index is 0.0387. The number of benzene rings is 1. The highest BCUT2D eigenvalue weighted by Gasteiger charge is 2.24. The van der Waals surface area contributed by atoms with Gasteiger partial charge in [-0.3, -0.25) is 4.72 Å². The molecule has 1 aliphatic rings. The molecule has 0 aliphatic carbocycles. The highest BCUT2D eigenvalue weighted by atomic mass is 32.2. The molecule has 1 aromatic carbocycles. The second-order valence-electron chi connectivity index (χ2n) is 6.10. The largest absolute Gasteiger partial charge is 0.341 e. The van der Waals surface area contributed by atoms with Gasteiger partial charge in [-0.25, -0.2) is 27.2 Å². The zero-order valence-corrected chi connectivity index (χ0v) is 14.4. The molecule has 2 aromatic rings. The lowest BCUT2D eigenvalue weighted by molar-refractivity contribution is 0.434. The highest BCUT2D eigenvalue weighted by Crippen LogP contribution is 2.23. The SMILES string of the molecule is CC1CCN(c2ncc(NS(=O)(=O)c3c(F)cccc3F)cn2)CC1. The Morgan fingerprint density at radius 1 is 1.12 bits per heavy atom. The molecule has 6 nitrogen and oxygen atoms in total. The van der Waals surface area contributed by atoms with Crippen LogP contribution in [0.5, 0.6) is 0 Å². The van der Waals surface area contributed by atoms with Gasteiger partial charge in [0.2, 0.25) is 5.95 Å². The van der Waals surface area contributed by atoms with Gasteiger partial charge in [0.25, 0.3) is 10.0 Å². The van der Waals surface area contributed by atoms with Crippen molar-refractivity contribution in [1.82, 2.24) is 9.97 Å². The Morgan fingerprint density at radius 2 is 1.68 bits per heavy atom. The van der Waals surface area contributed by atoms with Crippen LogP contribution in [0.2, 0.25) is 0 Å². The van der Waals surface area contributed by atoms with Gasteiger partial charge in [-0.1, -0.05) is 13.0 Å². The Kier molecular flexibility index (Phi) is 4.85. The molecule has 3 rings (SSSR count). The molecule has 0 amide bonds. The zero-order valence-electron chi connectivity index (χ0n) is 13.6. The first-order valence-corrected chi connectivity index (χ1v) is 9.39. The second kappa shape index (κ2) is 6.91. The van der Waals surface area contributed by atoms with Crippen molar-refractivity contribution in [3.05, 3.63) is 42.2 Å². The molecule has 25 heavy (non-hydrogen) atoms. The third-order valence-corrected chi connectivity index (χ3v) is 5.58. The van der Waals surface area contributed by atoms with Crippen LogP contribution in [0.3, 0.4) is 0 Å². The van der Waals surface area contributed by atoms with Gasteiger partial charge in [0.05, 0.1) is 18.1 Å². The van der Waals surface area contributed by atoms with Crippen molar-refractivity contribution in [2.75, 3.05) is 22.7 Å². The summed E-state index contributed by atoms with van der Waals surface area (Å²) in [6, 6.07) is 2.87. The minimum Gasteiger partial charge on any atom is -0.341 e. The van der Waals surface area contributed by atoms with E-state index >= 15 is 0 Å². The Labute approximate surface area is 145 Å². The van der Waals surface area contributed by atoms with Crippen LogP contribution < -0.4 is 9.62 Å². The normalized spacial score (nSPS) is 16.0. The standard InChI is InChI=1S/C16H18F2N4O2S/c1-11-5-7-22(8-6-11)16-19-9-12(10-20-16)21-25(23,24)15-13(17)3-2-4-14(15)18/h2-4,9-11,21H,5-8H2,1H3. The van der Waals surface area contributed by atoms with Crippen molar-refractivity contribution in [3.8, 4) is 0 Å². The van der Waals surface area contributed by atoms with Gasteiger partial charge in [-0.15, -0.1) is 0 Å². The van der Waals surface area contributed by atoms with Crippen LogP contribution in [0.15, 0.2) is 35.5 Å². The van der Waals surface area contributed by atoms with Crippen molar-refractivity contribution < 1.29 is 17.2 Å². The van der Waals surface area contributed by atoms with E-state index in [1.54, 1.807) is 0 Å². The van der Waals surface area contributed by atoms with E-state index in [0.29, 0.717) is 11.9 Å². The van der Waals surface area contributed by atoms with Gasteiger partial charge in [0.1, 0.15) is 11.6 Å². The maximum atomic E-state index is 13.7. The summed E-state index contributed by atoms with van der Waals surface area (Å²) in [6.07, 6.45) is 4.67. The number of rotatable bonds is 4. The number of sulfonamides is 1. The molecule has 0 saturated carbocycles. The van der Waals surface area contributed by atoms with Gasteiger partial charge in [-0.2, -0.15) is 0 Å². The van der Waals surface area contributed by atoms with Crippen molar-refractivity contribution in [2.24, 2.45) is 5.92 Å². The van der Waals surface area contributed by atoms with E-state index in [-0.39, 0.29) is 5.69 Å². The molecule has 0 bridgehead atoms. The number of hydrogen-bond donors (Lipinski definition) is 1. The lowest BCUT2D eigenvalue weighted by Gasteiger charge is -2.30. The van der Waals surface area contributed by atoms with Crippen LogP contribution in [0, 0.1) is 17.6 Å². The van der Waals surface area contributed by atoms with E-state index in [0.717, 1.165) is 44.1 Å². The molecular weight excluding hydrogens is 350 g/mol. The van der Waals surface area contributed by atoms with E-state index in [2.05, 4.69) is 21.6 Å². The van der Waals surface area contributed by atoms with E-state index in [1.807, 2.05) is 4.90 Å². The van der Waals surface area contributed by atoms with E-state index in [4.69, 9.17) is 0 Å². The first kappa shape index (κ1) is 17.5. The number of hydrogen-bond acceptors (Lipinski definition) is 5. The van der Waals surface area contributed by atoms with E-state index in [1.165, 1.54) is 12.4 Å². The molecule has 2 heterocycles. The van der Waals surface area contributed by atoms with Crippen LogP contribution in [-0.4, -0.2) is 31.5 Å². The maximum Gasteiger partial charge on any atom is 0.267 e.